The second-order valence-corrected chi connectivity index (χ2v) is 9.66. The van der Waals surface area contributed by atoms with E-state index in [9.17, 15) is 19.5 Å². The first-order valence-corrected chi connectivity index (χ1v) is 11.2. The van der Waals surface area contributed by atoms with Crippen molar-refractivity contribution in [3.8, 4) is 0 Å². The molecular weight excluding hydrogens is 400 g/mol. The standard InChI is InChI=1S/C23H26N2O4S/c1-12(2)17-11-16(20(26)24-15-6-4-3-5-7-15)22(30-17)25-21(27)18-13-8-9-14(10-13)19(18)23(28)29/h3-7,11-14,18-19H,8-10H2,1-2H3,(H,24,26)(H,25,27)(H,28,29)/t13-,14-,18+,19+/m0/s1. The fourth-order valence-corrected chi connectivity index (χ4v) is 5.96. The van der Waals surface area contributed by atoms with E-state index in [1.807, 2.05) is 38.1 Å². The first kappa shape index (κ1) is 20.6. The van der Waals surface area contributed by atoms with Gasteiger partial charge in [0.1, 0.15) is 5.00 Å². The third-order valence-electron chi connectivity index (χ3n) is 6.34. The summed E-state index contributed by atoms with van der Waals surface area (Å²) in [7, 11) is 0. The molecule has 2 aromatic rings. The van der Waals surface area contributed by atoms with Gasteiger partial charge in [0.15, 0.2) is 0 Å². The monoisotopic (exact) mass is 426 g/mol. The Labute approximate surface area is 179 Å². The van der Waals surface area contributed by atoms with E-state index >= 15 is 0 Å². The maximum Gasteiger partial charge on any atom is 0.307 e. The number of nitrogens with one attached hydrogen (secondary N) is 2. The van der Waals surface area contributed by atoms with Crippen LogP contribution >= 0.6 is 11.3 Å². The SMILES string of the molecule is CC(C)c1cc(C(=O)Nc2ccccc2)c(NC(=O)[C@@H]2[C@H]3CC[C@@H](C3)[C@H]2C(=O)O)s1. The smallest absolute Gasteiger partial charge is 0.307 e. The van der Waals surface area contributed by atoms with Crippen LogP contribution in [0.15, 0.2) is 36.4 Å². The van der Waals surface area contributed by atoms with Crippen molar-refractivity contribution >= 4 is 39.8 Å². The van der Waals surface area contributed by atoms with Crippen molar-refractivity contribution < 1.29 is 19.5 Å². The van der Waals surface area contributed by atoms with Gasteiger partial charge in [-0.1, -0.05) is 32.0 Å². The number of benzene rings is 1. The van der Waals surface area contributed by atoms with Gasteiger partial charge in [0, 0.05) is 10.6 Å². The van der Waals surface area contributed by atoms with Crippen LogP contribution in [0.1, 0.15) is 54.3 Å². The van der Waals surface area contributed by atoms with Gasteiger partial charge in [-0.25, -0.2) is 0 Å². The molecule has 2 aliphatic rings. The van der Waals surface area contributed by atoms with Crippen LogP contribution in [-0.4, -0.2) is 22.9 Å². The topological polar surface area (TPSA) is 95.5 Å². The first-order chi connectivity index (χ1) is 14.3. The molecule has 1 aromatic heterocycles. The zero-order valence-electron chi connectivity index (χ0n) is 17.1. The Kier molecular flexibility index (Phi) is 5.64. The summed E-state index contributed by atoms with van der Waals surface area (Å²) in [4.78, 5) is 38.8. The van der Waals surface area contributed by atoms with Gasteiger partial charge in [-0.3, -0.25) is 14.4 Å². The van der Waals surface area contributed by atoms with Gasteiger partial charge < -0.3 is 15.7 Å². The molecule has 0 spiro atoms. The zero-order valence-corrected chi connectivity index (χ0v) is 17.9. The van der Waals surface area contributed by atoms with Crippen LogP contribution in [0.25, 0.3) is 0 Å². The Morgan fingerprint density at radius 3 is 2.33 bits per heavy atom. The number of rotatable bonds is 6. The van der Waals surface area contributed by atoms with Crippen molar-refractivity contribution in [1.82, 2.24) is 0 Å². The number of hydrogen-bond acceptors (Lipinski definition) is 4. The van der Waals surface area contributed by atoms with E-state index < -0.39 is 17.8 Å². The lowest BCUT2D eigenvalue weighted by molar-refractivity contribution is -0.148. The van der Waals surface area contributed by atoms with Crippen LogP contribution in [-0.2, 0) is 9.59 Å². The minimum Gasteiger partial charge on any atom is -0.481 e. The molecule has 158 valence electrons. The average molecular weight is 427 g/mol. The summed E-state index contributed by atoms with van der Waals surface area (Å²) in [5, 5.41) is 15.9. The Bertz CT molecular complexity index is 969. The number of fused-ring (bicyclic) bond motifs is 2. The number of anilines is 2. The molecule has 30 heavy (non-hydrogen) atoms. The van der Waals surface area contributed by atoms with Crippen molar-refractivity contribution in [3.63, 3.8) is 0 Å². The fourth-order valence-electron chi connectivity index (χ4n) is 4.90. The molecule has 1 heterocycles. The van der Waals surface area contributed by atoms with Gasteiger partial charge in [-0.05, 0) is 55.2 Å². The predicted octanol–water partition coefficient (Wildman–Crippen LogP) is 4.81. The summed E-state index contributed by atoms with van der Waals surface area (Å²) in [6.45, 7) is 4.07. The molecule has 0 saturated heterocycles. The maximum absolute atomic E-state index is 13.1. The van der Waals surface area contributed by atoms with E-state index in [1.54, 1.807) is 12.1 Å². The molecule has 7 heteroatoms. The molecule has 2 saturated carbocycles. The number of carboxylic acid groups (broad SMARTS) is 1. The van der Waals surface area contributed by atoms with Gasteiger partial charge in [-0.2, -0.15) is 0 Å². The van der Waals surface area contributed by atoms with E-state index in [-0.39, 0.29) is 29.6 Å². The van der Waals surface area contributed by atoms with Crippen LogP contribution in [0.5, 0.6) is 0 Å². The highest BCUT2D eigenvalue weighted by atomic mass is 32.1. The molecular formula is C23H26N2O4S. The number of amides is 2. The van der Waals surface area contributed by atoms with Crippen molar-refractivity contribution in [2.24, 2.45) is 23.7 Å². The predicted molar refractivity (Wildman–Crippen MR) is 117 cm³/mol. The van der Waals surface area contributed by atoms with Gasteiger partial charge in [0.2, 0.25) is 5.91 Å². The lowest BCUT2D eigenvalue weighted by Crippen LogP contribution is -2.38. The molecule has 4 rings (SSSR count). The Morgan fingerprint density at radius 2 is 1.70 bits per heavy atom. The summed E-state index contributed by atoms with van der Waals surface area (Å²) in [5.74, 6) is -2.22. The zero-order chi connectivity index (χ0) is 21.4. The highest BCUT2D eigenvalue weighted by molar-refractivity contribution is 7.16. The lowest BCUT2D eigenvalue weighted by Gasteiger charge is -2.26. The quantitative estimate of drug-likeness (QED) is 0.618. The van der Waals surface area contributed by atoms with Crippen LogP contribution in [0.4, 0.5) is 10.7 Å². The molecule has 0 aliphatic heterocycles. The third kappa shape index (κ3) is 3.86. The van der Waals surface area contributed by atoms with E-state index in [0.29, 0.717) is 16.3 Å². The van der Waals surface area contributed by atoms with Crippen molar-refractivity contribution in [2.75, 3.05) is 10.6 Å². The van der Waals surface area contributed by atoms with E-state index in [0.717, 1.165) is 24.1 Å². The molecule has 3 N–H and O–H groups in total. The van der Waals surface area contributed by atoms with Gasteiger partial charge >= 0.3 is 5.97 Å². The van der Waals surface area contributed by atoms with Crippen molar-refractivity contribution in [2.45, 2.75) is 39.0 Å². The van der Waals surface area contributed by atoms with E-state index in [1.165, 1.54) is 11.3 Å². The molecule has 2 fully saturated rings. The molecule has 0 radical (unpaired) electrons. The van der Waals surface area contributed by atoms with Gasteiger partial charge in [0.25, 0.3) is 5.91 Å². The molecule has 6 nitrogen and oxygen atoms in total. The number of hydrogen-bond donors (Lipinski definition) is 3. The van der Waals surface area contributed by atoms with Crippen LogP contribution in [0.3, 0.4) is 0 Å². The molecule has 0 unspecified atom stereocenters. The van der Waals surface area contributed by atoms with Crippen molar-refractivity contribution in [1.29, 1.82) is 0 Å². The second-order valence-electron chi connectivity index (χ2n) is 8.58. The minimum absolute atomic E-state index is 0.0821. The number of aliphatic carboxylic acids is 1. The number of carbonyl (C=O) groups excluding carboxylic acids is 2. The van der Waals surface area contributed by atoms with Crippen molar-refractivity contribution in [3.05, 3.63) is 46.8 Å². The normalized spacial score (nSPS) is 24.8. The number of carboxylic acids is 1. The Hall–Kier alpha value is -2.67. The summed E-state index contributed by atoms with van der Waals surface area (Å²) in [5.41, 5.74) is 1.09. The van der Waals surface area contributed by atoms with Crippen LogP contribution < -0.4 is 10.6 Å². The number of para-hydroxylation sites is 1. The maximum atomic E-state index is 13.1. The molecule has 2 amide bonds. The number of thiophene rings is 1. The highest BCUT2D eigenvalue weighted by Gasteiger charge is 2.54. The third-order valence-corrected chi connectivity index (χ3v) is 7.69. The summed E-state index contributed by atoms with van der Waals surface area (Å²) < 4.78 is 0. The van der Waals surface area contributed by atoms with Gasteiger partial charge in [-0.15, -0.1) is 11.3 Å². The molecule has 1 aromatic carbocycles. The largest absolute Gasteiger partial charge is 0.481 e. The molecule has 4 atom stereocenters. The van der Waals surface area contributed by atoms with Crippen LogP contribution in [0.2, 0.25) is 0 Å². The Balaban J connectivity index is 1.58. The molecule has 2 bridgehead atoms. The highest BCUT2D eigenvalue weighted by Crippen LogP contribution is 2.53. The van der Waals surface area contributed by atoms with E-state index in [2.05, 4.69) is 10.6 Å². The first-order valence-electron chi connectivity index (χ1n) is 10.4. The van der Waals surface area contributed by atoms with Gasteiger partial charge in [0.05, 0.1) is 17.4 Å². The minimum atomic E-state index is -0.890. The number of carbonyl (C=O) groups is 3. The summed E-state index contributed by atoms with van der Waals surface area (Å²) in [6.07, 6.45) is 2.58. The average Bonchev–Trinajstić information content (AvgIpc) is 3.42. The lowest BCUT2D eigenvalue weighted by atomic mass is 9.79. The van der Waals surface area contributed by atoms with E-state index in [4.69, 9.17) is 0 Å². The van der Waals surface area contributed by atoms with Crippen LogP contribution in [0, 0.1) is 23.7 Å². The molecule has 2 aliphatic carbocycles. The summed E-state index contributed by atoms with van der Waals surface area (Å²) in [6, 6.07) is 11.0. The Morgan fingerprint density at radius 1 is 1.03 bits per heavy atom. The summed E-state index contributed by atoms with van der Waals surface area (Å²) >= 11 is 1.38. The fraction of sp³-hybridized carbons (Fsp3) is 0.435. The second kappa shape index (κ2) is 8.22.